The normalized spacial score (nSPS) is 11.8. The number of hydrogen-bond acceptors (Lipinski definition) is 3. The smallest absolute Gasteiger partial charge is 0.320 e. The van der Waals surface area contributed by atoms with Gasteiger partial charge in [-0.3, -0.25) is 4.79 Å². The van der Waals surface area contributed by atoms with Crippen molar-refractivity contribution in [3.8, 4) is 6.07 Å². The summed E-state index contributed by atoms with van der Waals surface area (Å²) in [6, 6.07) is 6.33. The van der Waals surface area contributed by atoms with E-state index in [0.29, 0.717) is 10.6 Å². The summed E-state index contributed by atoms with van der Waals surface area (Å²) in [6.07, 6.45) is 0. The highest BCUT2D eigenvalue weighted by Crippen LogP contribution is 2.26. The van der Waals surface area contributed by atoms with Crippen LogP contribution in [0.15, 0.2) is 18.2 Å². The molecule has 14 heavy (non-hydrogen) atoms. The number of halogens is 1. The van der Waals surface area contributed by atoms with Crippen LogP contribution in [0.2, 0.25) is 5.02 Å². The van der Waals surface area contributed by atoms with Crippen molar-refractivity contribution in [1.29, 1.82) is 5.26 Å². The van der Waals surface area contributed by atoms with Crippen molar-refractivity contribution in [3.63, 3.8) is 0 Å². The zero-order valence-corrected chi connectivity index (χ0v) is 8.59. The number of hydrogen-bond donors (Lipinski definition) is 2. The topological polar surface area (TPSA) is 61.1 Å². The third-order valence-corrected chi connectivity index (χ3v) is 2.40. The summed E-state index contributed by atoms with van der Waals surface area (Å²) in [5.74, 6) is -1.10. The van der Waals surface area contributed by atoms with Crippen molar-refractivity contribution < 1.29 is 9.90 Å². The molecule has 3 nitrogen and oxygen atoms in total. The summed E-state index contributed by atoms with van der Waals surface area (Å²) >= 11 is 9.56. The zero-order valence-electron chi connectivity index (χ0n) is 6.94. The van der Waals surface area contributed by atoms with E-state index in [-0.39, 0.29) is 5.56 Å². The minimum absolute atomic E-state index is 0.275. The van der Waals surface area contributed by atoms with Gasteiger partial charge in [0.1, 0.15) is 5.25 Å². The Morgan fingerprint density at radius 3 is 2.79 bits per heavy atom. The molecule has 0 aliphatic rings. The maximum Gasteiger partial charge on any atom is 0.320 e. The largest absolute Gasteiger partial charge is 0.480 e. The van der Waals surface area contributed by atoms with Crippen molar-refractivity contribution in [2.45, 2.75) is 5.25 Å². The summed E-state index contributed by atoms with van der Waals surface area (Å²) in [6.45, 7) is 0. The molecule has 0 amide bonds. The van der Waals surface area contributed by atoms with E-state index in [1.807, 2.05) is 6.07 Å². The molecule has 0 aromatic heterocycles. The van der Waals surface area contributed by atoms with Crippen LogP contribution < -0.4 is 0 Å². The molecule has 0 aliphatic heterocycles. The predicted octanol–water partition coefficient (Wildman–Crippen LogP) is 2.27. The van der Waals surface area contributed by atoms with Crippen LogP contribution in [0.1, 0.15) is 16.4 Å². The highest BCUT2D eigenvalue weighted by atomic mass is 35.5. The van der Waals surface area contributed by atoms with Crippen molar-refractivity contribution in [2.75, 3.05) is 0 Å². The molecule has 0 fully saturated rings. The van der Waals surface area contributed by atoms with Gasteiger partial charge >= 0.3 is 5.97 Å². The molecule has 1 N–H and O–H groups in total. The van der Waals surface area contributed by atoms with Crippen LogP contribution in [0.5, 0.6) is 0 Å². The monoisotopic (exact) mass is 227 g/mol. The average molecular weight is 228 g/mol. The molecule has 0 spiro atoms. The summed E-state index contributed by atoms with van der Waals surface area (Å²) in [5, 5.41) is 16.8. The SMILES string of the molecule is N#Cc1ccc(Cl)cc1C(S)C(=O)O. The number of carboxylic acids is 1. The van der Waals surface area contributed by atoms with Crippen molar-refractivity contribution in [3.05, 3.63) is 34.3 Å². The van der Waals surface area contributed by atoms with Gasteiger partial charge in [-0.15, -0.1) is 0 Å². The summed E-state index contributed by atoms with van der Waals surface area (Å²) < 4.78 is 0. The minimum Gasteiger partial charge on any atom is -0.480 e. The Hall–Kier alpha value is -1.18. The van der Waals surface area contributed by atoms with E-state index in [9.17, 15) is 4.79 Å². The number of benzene rings is 1. The number of carboxylic acid groups (broad SMARTS) is 1. The molecule has 1 aromatic rings. The van der Waals surface area contributed by atoms with E-state index in [4.69, 9.17) is 22.0 Å². The predicted molar refractivity (Wildman–Crippen MR) is 55.5 cm³/mol. The quantitative estimate of drug-likeness (QED) is 0.762. The van der Waals surface area contributed by atoms with Crippen LogP contribution in [0.4, 0.5) is 0 Å². The maximum atomic E-state index is 10.7. The van der Waals surface area contributed by atoms with E-state index < -0.39 is 11.2 Å². The van der Waals surface area contributed by atoms with Gasteiger partial charge in [0.15, 0.2) is 0 Å². The van der Waals surface area contributed by atoms with Gasteiger partial charge in [0.25, 0.3) is 0 Å². The second-order valence-corrected chi connectivity index (χ2v) is 3.54. The van der Waals surface area contributed by atoms with Crippen LogP contribution in [-0.4, -0.2) is 11.1 Å². The van der Waals surface area contributed by atoms with Gasteiger partial charge in [-0.1, -0.05) is 11.6 Å². The second kappa shape index (κ2) is 4.36. The molecule has 0 saturated carbocycles. The van der Waals surface area contributed by atoms with Gasteiger partial charge in [-0.05, 0) is 23.8 Å². The Bertz CT molecular complexity index is 414. The van der Waals surface area contributed by atoms with Crippen LogP contribution in [0, 0.1) is 11.3 Å². The number of carbonyl (C=O) groups is 1. The first-order valence-corrected chi connectivity index (χ1v) is 4.56. The van der Waals surface area contributed by atoms with Crippen LogP contribution in [-0.2, 0) is 4.79 Å². The standard InChI is InChI=1S/C9H6ClNO2S/c10-6-2-1-5(4-11)7(3-6)8(14)9(12)13/h1-3,8,14H,(H,12,13). The molecule has 1 unspecified atom stereocenters. The molecule has 0 aliphatic carbocycles. The third kappa shape index (κ3) is 2.19. The van der Waals surface area contributed by atoms with E-state index in [0.717, 1.165) is 0 Å². The fraction of sp³-hybridized carbons (Fsp3) is 0.111. The van der Waals surface area contributed by atoms with Gasteiger partial charge in [0.05, 0.1) is 11.6 Å². The molecule has 5 heteroatoms. The molecule has 0 saturated heterocycles. The molecular formula is C9H6ClNO2S. The lowest BCUT2D eigenvalue weighted by Crippen LogP contribution is -2.06. The average Bonchev–Trinajstić information content (AvgIpc) is 2.16. The van der Waals surface area contributed by atoms with Crippen molar-refractivity contribution in [1.82, 2.24) is 0 Å². The summed E-state index contributed by atoms with van der Waals surface area (Å²) in [5.41, 5.74) is 0.590. The lowest BCUT2D eigenvalue weighted by atomic mass is 10.1. The van der Waals surface area contributed by atoms with Gasteiger partial charge in [0.2, 0.25) is 0 Å². The maximum absolute atomic E-state index is 10.7. The Kier molecular flexibility index (Phi) is 3.39. The lowest BCUT2D eigenvalue weighted by Gasteiger charge is -2.07. The van der Waals surface area contributed by atoms with Crippen LogP contribution in [0.25, 0.3) is 0 Å². The fourth-order valence-corrected chi connectivity index (χ4v) is 1.39. The van der Waals surface area contributed by atoms with E-state index in [1.165, 1.54) is 18.2 Å². The Labute approximate surface area is 91.3 Å². The molecule has 1 atom stereocenters. The van der Waals surface area contributed by atoms with Gasteiger partial charge in [0, 0.05) is 5.02 Å². The molecular weight excluding hydrogens is 222 g/mol. The number of nitriles is 1. The minimum atomic E-state index is -1.10. The van der Waals surface area contributed by atoms with Gasteiger partial charge < -0.3 is 5.11 Å². The molecule has 0 bridgehead atoms. The number of thiol groups is 1. The first-order chi connectivity index (χ1) is 6.56. The highest BCUT2D eigenvalue weighted by molar-refractivity contribution is 7.81. The molecule has 72 valence electrons. The summed E-state index contributed by atoms with van der Waals surface area (Å²) in [4.78, 5) is 10.7. The Morgan fingerprint density at radius 1 is 1.64 bits per heavy atom. The molecule has 1 rings (SSSR count). The fourth-order valence-electron chi connectivity index (χ4n) is 0.995. The number of rotatable bonds is 2. The first kappa shape index (κ1) is 10.9. The number of nitrogens with zero attached hydrogens (tertiary/aromatic N) is 1. The zero-order chi connectivity index (χ0) is 10.7. The van der Waals surface area contributed by atoms with E-state index >= 15 is 0 Å². The van der Waals surface area contributed by atoms with Crippen molar-refractivity contribution >= 4 is 30.2 Å². The first-order valence-electron chi connectivity index (χ1n) is 3.66. The molecule has 0 heterocycles. The highest BCUT2D eigenvalue weighted by Gasteiger charge is 2.18. The number of aliphatic carboxylic acids is 1. The Morgan fingerprint density at radius 2 is 2.29 bits per heavy atom. The lowest BCUT2D eigenvalue weighted by molar-refractivity contribution is -0.136. The Balaban J connectivity index is 3.25. The van der Waals surface area contributed by atoms with E-state index in [1.54, 1.807) is 0 Å². The van der Waals surface area contributed by atoms with Crippen molar-refractivity contribution in [2.24, 2.45) is 0 Å². The van der Waals surface area contributed by atoms with Crippen LogP contribution in [0.3, 0.4) is 0 Å². The van der Waals surface area contributed by atoms with E-state index in [2.05, 4.69) is 12.6 Å². The molecule has 1 aromatic carbocycles. The summed E-state index contributed by atoms with van der Waals surface area (Å²) in [7, 11) is 0. The van der Waals surface area contributed by atoms with Gasteiger partial charge in [-0.25, -0.2) is 0 Å². The molecule has 0 radical (unpaired) electrons. The third-order valence-electron chi connectivity index (χ3n) is 1.66. The van der Waals surface area contributed by atoms with Gasteiger partial charge in [-0.2, -0.15) is 17.9 Å². The van der Waals surface area contributed by atoms with Crippen LogP contribution >= 0.6 is 24.2 Å². The second-order valence-electron chi connectivity index (χ2n) is 2.58.